The number of hydrogen-bond acceptors (Lipinski definition) is 7. The number of carbonyl (C=O) groups excluding carboxylic acids is 3. The molecule has 37 heavy (non-hydrogen) atoms. The fourth-order valence-corrected chi connectivity index (χ4v) is 3.97. The number of urea groups is 1. The summed E-state index contributed by atoms with van der Waals surface area (Å²) in [6, 6.07) is 7.89. The maximum atomic E-state index is 13.3. The minimum Gasteiger partial charge on any atom is -0.353 e. The number of hydrogen-bond donors (Lipinski definition) is 4. The van der Waals surface area contributed by atoms with Gasteiger partial charge in [-0.05, 0) is 33.8 Å². The first-order chi connectivity index (χ1) is 17.7. The largest absolute Gasteiger partial charge is 0.353 e. The molecule has 2 rings (SSSR count). The molecule has 0 aliphatic heterocycles. The number of pyridine rings is 1. The summed E-state index contributed by atoms with van der Waals surface area (Å²) in [7, 11) is 1.56. The van der Waals surface area contributed by atoms with E-state index in [1.165, 1.54) is 5.01 Å². The number of carbonyl (C=O) groups is 3. The molecule has 11 nitrogen and oxygen atoms in total. The molecule has 3 atom stereocenters. The Morgan fingerprint density at radius 1 is 1.00 bits per heavy atom. The van der Waals surface area contributed by atoms with Crippen LogP contribution in [0.5, 0.6) is 0 Å². The molecule has 1 heterocycles. The topological polar surface area (TPSA) is 134 Å². The number of para-hydroxylation sites is 1. The zero-order valence-electron chi connectivity index (χ0n) is 22.5. The number of nitrogens with zero attached hydrogens (tertiary/aromatic N) is 2. The summed E-state index contributed by atoms with van der Waals surface area (Å²) in [5.41, 5.74) is 4.12. The van der Waals surface area contributed by atoms with E-state index in [0.717, 1.165) is 16.5 Å². The third-order valence-corrected chi connectivity index (χ3v) is 5.69. The summed E-state index contributed by atoms with van der Waals surface area (Å²) in [6.07, 6.45) is 1.16. The first kappa shape index (κ1) is 29.9. The van der Waals surface area contributed by atoms with Crippen LogP contribution in [-0.4, -0.2) is 73.5 Å². The van der Waals surface area contributed by atoms with E-state index in [2.05, 4.69) is 26.4 Å². The lowest BCUT2D eigenvalue weighted by molar-refractivity contribution is -0.170. The van der Waals surface area contributed by atoms with Gasteiger partial charge in [-0.3, -0.25) is 20.0 Å². The normalized spacial score (nSPS) is 13.7. The number of rotatable bonds is 14. The van der Waals surface area contributed by atoms with Gasteiger partial charge in [-0.1, -0.05) is 31.2 Å². The molecule has 4 amide bonds. The molecule has 0 aliphatic rings. The minimum absolute atomic E-state index is 0.126. The molecule has 0 aliphatic carbocycles. The molecule has 0 saturated carbocycles. The fourth-order valence-electron chi connectivity index (χ4n) is 3.97. The number of benzene rings is 1. The summed E-state index contributed by atoms with van der Waals surface area (Å²) in [5, 5.41) is 10.6. The lowest BCUT2D eigenvalue weighted by Crippen LogP contribution is -2.52. The van der Waals surface area contributed by atoms with Crippen molar-refractivity contribution < 1.29 is 23.9 Å². The third-order valence-electron chi connectivity index (χ3n) is 5.69. The summed E-state index contributed by atoms with van der Waals surface area (Å²) in [5.74, 6) is -1.06. The van der Waals surface area contributed by atoms with Crippen LogP contribution in [0, 0.1) is 5.92 Å². The van der Waals surface area contributed by atoms with Crippen LogP contribution in [0.3, 0.4) is 0 Å². The van der Waals surface area contributed by atoms with Gasteiger partial charge in [-0.15, -0.1) is 0 Å². The van der Waals surface area contributed by atoms with Gasteiger partial charge >= 0.3 is 6.03 Å². The molecule has 1 aromatic carbocycles. The van der Waals surface area contributed by atoms with E-state index >= 15 is 0 Å². The van der Waals surface area contributed by atoms with Crippen molar-refractivity contribution in [2.45, 2.75) is 53.0 Å². The Morgan fingerprint density at radius 3 is 2.32 bits per heavy atom. The third kappa shape index (κ3) is 8.96. The van der Waals surface area contributed by atoms with E-state index < -0.39 is 30.3 Å². The van der Waals surface area contributed by atoms with Crippen LogP contribution in [-0.2, 0) is 19.1 Å². The first-order valence-corrected chi connectivity index (χ1v) is 12.6. The molecule has 1 unspecified atom stereocenters. The van der Waals surface area contributed by atoms with Gasteiger partial charge in [0.2, 0.25) is 11.8 Å². The second-order valence-corrected chi connectivity index (χ2v) is 8.66. The van der Waals surface area contributed by atoms with Crippen molar-refractivity contribution in [3.63, 3.8) is 0 Å². The molecular formula is C26H40N6O5. The average Bonchev–Trinajstić information content (AvgIpc) is 2.86. The van der Waals surface area contributed by atoms with Crippen LogP contribution in [0.15, 0.2) is 36.5 Å². The highest BCUT2D eigenvalue weighted by Gasteiger charge is 2.32. The zero-order chi connectivity index (χ0) is 27.4. The number of nitrogens with one attached hydrogen (secondary N) is 4. The Labute approximate surface area is 218 Å². The van der Waals surface area contributed by atoms with Crippen LogP contribution >= 0.6 is 0 Å². The summed E-state index contributed by atoms with van der Waals surface area (Å²) < 4.78 is 11.7. The lowest BCUT2D eigenvalue weighted by atomic mass is 9.91. The van der Waals surface area contributed by atoms with E-state index in [0.29, 0.717) is 19.8 Å². The second-order valence-electron chi connectivity index (χ2n) is 8.66. The Balaban J connectivity index is 2.21. The second kappa shape index (κ2) is 15.1. The van der Waals surface area contributed by atoms with Gasteiger partial charge in [0.05, 0.1) is 18.1 Å². The van der Waals surface area contributed by atoms with E-state index in [1.54, 1.807) is 27.1 Å². The quantitative estimate of drug-likeness (QED) is 0.223. The highest BCUT2D eigenvalue weighted by atomic mass is 16.7. The number of aromatic nitrogens is 1. The molecule has 0 fully saturated rings. The van der Waals surface area contributed by atoms with E-state index in [-0.39, 0.29) is 18.4 Å². The number of hydrazine groups is 1. The highest BCUT2D eigenvalue weighted by molar-refractivity contribution is 5.89. The van der Waals surface area contributed by atoms with Crippen LogP contribution in [0.4, 0.5) is 4.79 Å². The molecule has 11 heteroatoms. The van der Waals surface area contributed by atoms with E-state index in [9.17, 15) is 14.4 Å². The molecule has 204 valence electrons. The van der Waals surface area contributed by atoms with Crippen molar-refractivity contribution in [3.8, 4) is 0 Å². The minimum atomic E-state index is -0.833. The number of likely N-dealkylation sites (N-methyl/N-ethyl adjacent to an activating group) is 1. The van der Waals surface area contributed by atoms with Gasteiger partial charge in [0.1, 0.15) is 6.04 Å². The van der Waals surface area contributed by atoms with E-state index in [4.69, 9.17) is 9.47 Å². The molecule has 0 bridgehead atoms. The van der Waals surface area contributed by atoms with Gasteiger partial charge in [0.15, 0.2) is 6.29 Å². The molecule has 1 aromatic heterocycles. The maximum Gasteiger partial charge on any atom is 0.329 e. The molecule has 2 aromatic rings. The molecular weight excluding hydrogens is 476 g/mol. The van der Waals surface area contributed by atoms with Crippen molar-refractivity contribution in [1.82, 2.24) is 31.4 Å². The van der Waals surface area contributed by atoms with Crippen LogP contribution in [0.1, 0.15) is 46.2 Å². The predicted octanol–water partition coefficient (Wildman–Crippen LogP) is 2.10. The van der Waals surface area contributed by atoms with Crippen LogP contribution in [0.25, 0.3) is 10.9 Å². The fraction of sp³-hybridized carbons (Fsp3) is 0.538. The Kier molecular flexibility index (Phi) is 12.2. The molecule has 0 saturated heterocycles. The van der Waals surface area contributed by atoms with Crippen molar-refractivity contribution in [2.75, 3.05) is 33.4 Å². The van der Waals surface area contributed by atoms with Crippen molar-refractivity contribution in [3.05, 3.63) is 42.1 Å². The number of amides is 4. The van der Waals surface area contributed by atoms with Gasteiger partial charge < -0.3 is 25.4 Å². The van der Waals surface area contributed by atoms with Gasteiger partial charge in [-0.25, -0.2) is 9.80 Å². The Morgan fingerprint density at radius 2 is 1.68 bits per heavy atom. The molecule has 0 spiro atoms. The number of ether oxygens (including phenoxy) is 2. The van der Waals surface area contributed by atoms with E-state index in [1.807, 2.05) is 51.1 Å². The van der Waals surface area contributed by atoms with Gasteiger partial charge in [0, 0.05) is 49.9 Å². The standard InChI is InChI=1S/C26H40N6O5/c1-7-27-26(35)31-32(6)16-21(33)29-18(5)24(34)30-22(17(4)25(36-8-2)37-9-3)20-14-10-12-19-13-11-15-28-23(19)20/h10-15,17-18,22,25H,7-9,16H2,1-6H3,(H,29,33)(H,30,34)(H2,27,31,35)/t17-,18?,22-/m0/s1. The maximum absolute atomic E-state index is 13.3. The van der Waals surface area contributed by atoms with Crippen molar-refractivity contribution in [1.29, 1.82) is 0 Å². The summed E-state index contributed by atoms with van der Waals surface area (Å²) >= 11 is 0. The highest BCUT2D eigenvalue weighted by Crippen LogP contribution is 2.31. The first-order valence-electron chi connectivity index (χ1n) is 12.6. The predicted molar refractivity (Wildman–Crippen MR) is 141 cm³/mol. The van der Waals surface area contributed by atoms with Crippen molar-refractivity contribution in [2.24, 2.45) is 5.92 Å². The van der Waals surface area contributed by atoms with Gasteiger partial charge in [0.25, 0.3) is 0 Å². The SMILES string of the molecule is CCNC(=O)NN(C)CC(=O)NC(C)C(=O)N[C@H](c1cccc2cccnc12)[C@H](C)C(OCC)OCC. The average molecular weight is 517 g/mol. The summed E-state index contributed by atoms with van der Waals surface area (Å²) in [6.45, 7) is 10.4. The van der Waals surface area contributed by atoms with Gasteiger partial charge in [-0.2, -0.15) is 0 Å². The Hall–Kier alpha value is -3.28. The summed E-state index contributed by atoms with van der Waals surface area (Å²) in [4.78, 5) is 42.0. The molecule has 0 radical (unpaired) electrons. The Bertz CT molecular complexity index is 1020. The van der Waals surface area contributed by atoms with Crippen LogP contribution in [0.2, 0.25) is 0 Å². The monoisotopic (exact) mass is 516 g/mol. The lowest BCUT2D eigenvalue weighted by Gasteiger charge is -2.32. The van der Waals surface area contributed by atoms with Crippen LogP contribution < -0.4 is 21.4 Å². The smallest absolute Gasteiger partial charge is 0.329 e. The zero-order valence-corrected chi connectivity index (χ0v) is 22.5. The number of fused-ring (bicyclic) bond motifs is 1. The van der Waals surface area contributed by atoms with Crippen molar-refractivity contribution >= 4 is 28.7 Å². The molecule has 4 N–H and O–H groups in total.